The van der Waals surface area contributed by atoms with Crippen molar-refractivity contribution in [1.29, 1.82) is 0 Å². The average Bonchev–Trinajstić information content (AvgIpc) is 2.78. The summed E-state index contributed by atoms with van der Waals surface area (Å²) >= 11 is 6.04. The highest BCUT2D eigenvalue weighted by Crippen LogP contribution is 2.40. The van der Waals surface area contributed by atoms with Gasteiger partial charge in [-0.2, -0.15) is 0 Å². The topological polar surface area (TPSA) is 58.6 Å². The number of amides is 2. The van der Waals surface area contributed by atoms with Gasteiger partial charge in [0.15, 0.2) is 5.54 Å². The lowest BCUT2D eigenvalue weighted by Gasteiger charge is -2.49. The summed E-state index contributed by atoms with van der Waals surface area (Å²) in [7, 11) is 1.62. The molecule has 1 atom stereocenters. The number of methoxy groups -OCH3 is 1. The Bertz CT molecular complexity index is 983. The second kappa shape index (κ2) is 9.15. The van der Waals surface area contributed by atoms with Gasteiger partial charge in [0.2, 0.25) is 5.91 Å². The molecule has 5 nitrogen and oxygen atoms in total. The minimum absolute atomic E-state index is 0.0919. The third-order valence-electron chi connectivity index (χ3n) is 6.17. The highest BCUT2D eigenvalue weighted by molar-refractivity contribution is 6.30. The number of carbonyl (C=O) groups is 2. The van der Waals surface area contributed by atoms with E-state index < -0.39 is 5.54 Å². The number of hydrogen-bond acceptors (Lipinski definition) is 3. The quantitative estimate of drug-likeness (QED) is 0.646. The predicted octanol–water partition coefficient (Wildman–Crippen LogP) is 4.99. The van der Waals surface area contributed by atoms with E-state index in [0.717, 1.165) is 31.2 Å². The Morgan fingerprint density at radius 2 is 1.84 bits per heavy atom. The van der Waals surface area contributed by atoms with Gasteiger partial charge in [0.05, 0.1) is 13.5 Å². The maximum Gasteiger partial charge on any atom is 0.251 e. The number of nitrogens with one attached hydrogen (secondary N) is 1. The summed E-state index contributed by atoms with van der Waals surface area (Å²) in [6, 6.07) is 14.8. The van der Waals surface area contributed by atoms with Crippen LogP contribution in [-0.2, 0) is 9.59 Å². The van der Waals surface area contributed by atoms with E-state index in [0.29, 0.717) is 16.5 Å². The average molecular weight is 439 g/mol. The van der Waals surface area contributed by atoms with Crippen LogP contribution in [-0.4, -0.2) is 30.5 Å². The fraction of sp³-hybridized carbons (Fsp3) is 0.360. The van der Waals surface area contributed by atoms with Crippen LogP contribution in [0.15, 0.2) is 54.6 Å². The molecule has 2 aromatic carbocycles. The smallest absolute Gasteiger partial charge is 0.251 e. The van der Waals surface area contributed by atoms with Crippen LogP contribution in [0.3, 0.4) is 0 Å². The molecule has 1 unspecified atom stereocenters. The Morgan fingerprint density at radius 1 is 1.13 bits per heavy atom. The molecule has 2 aliphatic rings. The molecule has 162 valence electrons. The van der Waals surface area contributed by atoms with Crippen LogP contribution in [0.2, 0.25) is 5.02 Å². The van der Waals surface area contributed by atoms with Gasteiger partial charge in [0, 0.05) is 22.3 Å². The minimum Gasteiger partial charge on any atom is -0.496 e. The first-order chi connectivity index (χ1) is 15.0. The van der Waals surface area contributed by atoms with Crippen molar-refractivity contribution in [3.8, 4) is 5.75 Å². The molecule has 2 fully saturated rings. The Balaban J connectivity index is 1.69. The Labute approximate surface area is 188 Å². The number of carbonyl (C=O) groups excluding carboxylic acids is 2. The van der Waals surface area contributed by atoms with E-state index in [4.69, 9.17) is 16.3 Å². The maximum absolute atomic E-state index is 13.6. The lowest BCUT2D eigenvalue weighted by Crippen LogP contribution is -2.70. The molecule has 4 rings (SSSR count). The summed E-state index contributed by atoms with van der Waals surface area (Å²) in [5, 5.41) is 3.80. The van der Waals surface area contributed by atoms with Gasteiger partial charge in [-0.05, 0) is 49.2 Å². The molecular formula is C25H27ClN2O3. The van der Waals surface area contributed by atoms with Crippen LogP contribution in [0, 0.1) is 0 Å². The molecule has 1 heterocycles. The van der Waals surface area contributed by atoms with E-state index in [9.17, 15) is 9.59 Å². The van der Waals surface area contributed by atoms with Crippen molar-refractivity contribution in [1.82, 2.24) is 5.32 Å². The zero-order valence-electron chi connectivity index (χ0n) is 17.6. The zero-order valence-corrected chi connectivity index (χ0v) is 18.4. The molecule has 1 saturated heterocycles. The SMILES string of the molecule is COc1ccccc1/C=C/C1(C(=O)NC2CCCCC2)CC(=O)N1c1ccc(Cl)cc1. The number of halogens is 1. The number of hydrogen-bond donors (Lipinski definition) is 1. The van der Waals surface area contributed by atoms with E-state index in [-0.39, 0.29) is 24.3 Å². The first kappa shape index (κ1) is 21.4. The summed E-state index contributed by atoms with van der Waals surface area (Å²) in [5.41, 5.74) is 0.429. The highest BCUT2D eigenvalue weighted by atomic mass is 35.5. The van der Waals surface area contributed by atoms with E-state index in [1.165, 1.54) is 6.42 Å². The molecule has 1 aliphatic heterocycles. The first-order valence-electron chi connectivity index (χ1n) is 10.8. The summed E-state index contributed by atoms with van der Waals surface area (Å²) in [5.74, 6) is 0.483. The van der Waals surface area contributed by atoms with Crippen molar-refractivity contribution >= 4 is 35.2 Å². The van der Waals surface area contributed by atoms with Crippen LogP contribution < -0.4 is 15.0 Å². The van der Waals surface area contributed by atoms with E-state index in [1.807, 2.05) is 36.4 Å². The second-order valence-corrected chi connectivity index (χ2v) is 8.63. The largest absolute Gasteiger partial charge is 0.496 e. The zero-order chi connectivity index (χ0) is 21.8. The standard InChI is InChI=1S/C25H27ClN2O3/c1-31-22-10-6-5-7-18(22)15-16-25(24(30)27-20-8-3-2-4-9-20)17-23(29)28(25)21-13-11-19(26)12-14-21/h5-7,10-16,20H,2-4,8-9,17H2,1H3,(H,27,30)/b16-15+. The van der Waals surface area contributed by atoms with Crippen molar-refractivity contribution in [2.45, 2.75) is 50.1 Å². The maximum atomic E-state index is 13.6. The summed E-state index contributed by atoms with van der Waals surface area (Å²) in [4.78, 5) is 27.9. The molecule has 1 saturated carbocycles. The predicted molar refractivity (Wildman–Crippen MR) is 123 cm³/mol. The van der Waals surface area contributed by atoms with Gasteiger partial charge in [-0.15, -0.1) is 0 Å². The van der Waals surface area contributed by atoms with Crippen molar-refractivity contribution in [2.75, 3.05) is 12.0 Å². The van der Waals surface area contributed by atoms with E-state index >= 15 is 0 Å². The number of anilines is 1. The van der Waals surface area contributed by atoms with Crippen LogP contribution in [0.5, 0.6) is 5.75 Å². The number of nitrogens with zero attached hydrogens (tertiary/aromatic N) is 1. The van der Waals surface area contributed by atoms with Crippen molar-refractivity contribution in [3.63, 3.8) is 0 Å². The van der Waals surface area contributed by atoms with Crippen LogP contribution in [0.4, 0.5) is 5.69 Å². The minimum atomic E-state index is -1.08. The van der Waals surface area contributed by atoms with Crippen LogP contribution in [0.1, 0.15) is 44.1 Å². The number of benzene rings is 2. The number of rotatable bonds is 6. The van der Waals surface area contributed by atoms with Crippen LogP contribution >= 0.6 is 11.6 Å². The van der Waals surface area contributed by atoms with Gasteiger partial charge in [-0.25, -0.2) is 0 Å². The Kier molecular flexibility index (Phi) is 6.33. The highest BCUT2D eigenvalue weighted by Gasteiger charge is 2.55. The second-order valence-electron chi connectivity index (χ2n) is 8.19. The Hall–Kier alpha value is -2.79. The van der Waals surface area contributed by atoms with Crippen molar-refractivity contribution < 1.29 is 14.3 Å². The van der Waals surface area contributed by atoms with Gasteiger partial charge in [0.1, 0.15) is 5.75 Å². The van der Waals surface area contributed by atoms with Gasteiger partial charge in [0.25, 0.3) is 5.91 Å². The van der Waals surface area contributed by atoms with Gasteiger partial charge >= 0.3 is 0 Å². The van der Waals surface area contributed by atoms with Gasteiger partial charge < -0.3 is 10.1 Å². The van der Waals surface area contributed by atoms with Crippen molar-refractivity contribution in [3.05, 3.63) is 65.2 Å². The van der Waals surface area contributed by atoms with Crippen LogP contribution in [0.25, 0.3) is 6.08 Å². The van der Waals surface area contributed by atoms with Crippen molar-refractivity contribution in [2.24, 2.45) is 0 Å². The molecule has 31 heavy (non-hydrogen) atoms. The fourth-order valence-corrected chi connectivity index (χ4v) is 4.59. The molecule has 2 amide bonds. The number of β-lactam (4-membered cyclic amide) rings is 1. The summed E-state index contributed by atoms with van der Waals surface area (Å²) in [6.45, 7) is 0. The Morgan fingerprint density at radius 3 is 2.52 bits per heavy atom. The molecule has 1 N–H and O–H groups in total. The molecule has 0 radical (unpaired) electrons. The van der Waals surface area contributed by atoms with E-state index in [1.54, 1.807) is 36.3 Å². The molecule has 6 heteroatoms. The number of para-hydroxylation sites is 1. The monoisotopic (exact) mass is 438 g/mol. The lowest BCUT2D eigenvalue weighted by molar-refractivity contribution is -0.137. The number of ether oxygens (including phenoxy) is 1. The molecule has 2 aromatic rings. The summed E-state index contributed by atoms with van der Waals surface area (Å²) < 4.78 is 5.44. The fourth-order valence-electron chi connectivity index (χ4n) is 4.46. The van der Waals surface area contributed by atoms with Gasteiger partial charge in [-0.1, -0.05) is 55.1 Å². The molecule has 0 aromatic heterocycles. The third-order valence-corrected chi connectivity index (χ3v) is 6.42. The molecular weight excluding hydrogens is 412 g/mol. The molecule has 0 spiro atoms. The van der Waals surface area contributed by atoms with E-state index in [2.05, 4.69) is 5.32 Å². The summed E-state index contributed by atoms with van der Waals surface area (Å²) in [6.07, 6.45) is 9.23. The third kappa shape index (κ3) is 4.33. The first-order valence-corrected chi connectivity index (χ1v) is 11.1. The normalized spacial score (nSPS) is 21.7. The lowest BCUT2D eigenvalue weighted by atomic mass is 9.80. The van der Waals surface area contributed by atoms with Gasteiger partial charge in [-0.3, -0.25) is 14.5 Å². The molecule has 0 bridgehead atoms. The molecule has 1 aliphatic carbocycles.